The van der Waals surface area contributed by atoms with E-state index in [1.807, 2.05) is 44.2 Å². The first kappa shape index (κ1) is 68.2. The second-order valence-electron chi connectivity index (χ2n) is 24.8. The summed E-state index contributed by atoms with van der Waals surface area (Å²) in [4.78, 5) is 120. The molecule has 9 N–H and O–H groups in total. The van der Waals surface area contributed by atoms with Crippen molar-refractivity contribution in [2.75, 3.05) is 53.6 Å². The number of amides is 7. The molecule has 24 nitrogen and oxygen atoms in total. The lowest BCUT2D eigenvalue weighted by Crippen LogP contribution is -2.57. The molecule has 2 saturated carbocycles. The molecular weight excluding hydrogens is 1060 g/mol. The minimum atomic E-state index is -0.999. The van der Waals surface area contributed by atoms with Gasteiger partial charge in [0.05, 0.1) is 14.2 Å². The predicted octanol–water partition coefficient (Wildman–Crippen LogP) is 3.81. The second kappa shape index (κ2) is 30.3. The van der Waals surface area contributed by atoms with Gasteiger partial charge in [0.1, 0.15) is 54.1 Å². The Hall–Kier alpha value is -6.27. The third-order valence-corrected chi connectivity index (χ3v) is 15.8. The fourth-order valence-corrected chi connectivity index (χ4v) is 11.3. The van der Waals surface area contributed by atoms with Crippen molar-refractivity contribution in [3.8, 4) is 0 Å². The largest absolute Gasteiger partial charge is 0.467 e. The van der Waals surface area contributed by atoms with E-state index in [0.29, 0.717) is 64.7 Å². The number of rotatable bonds is 27. The van der Waals surface area contributed by atoms with Crippen molar-refractivity contribution in [3.05, 3.63) is 35.9 Å². The molecule has 0 radical (unpaired) electrons. The second-order valence-corrected chi connectivity index (χ2v) is 24.8. The number of fused-ring (bicyclic) bond motifs is 2. The molecule has 462 valence electrons. The van der Waals surface area contributed by atoms with Gasteiger partial charge < -0.3 is 76.0 Å². The Kier molecular flexibility index (Phi) is 25.2. The number of carbonyl (C=O) groups is 9. The number of nitrogens with zero attached hydrogens (tertiary/aromatic N) is 2. The predicted molar refractivity (Wildman–Crippen MR) is 301 cm³/mol. The minimum Gasteiger partial charge on any atom is -0.467 e. The lowest BCUT2D eigenvalue weighted by atomic mass is 9.98. The monoisotopic (exact) mass is 1160 g/mol. The first-order valence-corrected chi connectivity index (χ1v) is 28.7. The summed E-state index contributed by atoms with van der Waals surface area (Å²) in [6.45, 7) is 19.8. The molecule has 4 aliphatic rings. The Balaban J connectivity index is 0.000000363. The third kappa shape index (κ3) is 19.4. The molecule has 2 aliphatic heterocycles. The Morgan fingerprint density at radius 1 is 0.585 bits per heavy atom. The molecule has 5 rings (SSSR count). The summed E-state index contributed by atoms with van der Waals surface area (Å²) in [5.74, 6) is -2.87. The molecule has 82 heavy (non-hydrogen) atoms. The summed E-state index contributed by atoms with van der Waals surface area (Å²) in [7, 11) is 2.51. The highest BCUT2D eigenvalue weighted by Gasteiger charge is 2.71. The molecule has 1 aromatic carbocycles. The van der Waals surface area contributed by atoms with Gasteiger partial charge in [0, 0.05) is 32.8 Å². The highest BCUT2D eigenvalue weighted by molar-refractivity contribution is 5.96. The number of esters is 2. The van der Waals surface area contributed by atoms with Crippen molar-refractivity contribution in [1.29, 1.82) is 0 Å². The van der Waals surface area contributed by atoms with E-state index >= 15 is 0 Å². The summed E-state index contributed by atoms with van der Waals surface area (Å²) in [5, 5.41) is 32.3. The van der Waals surface area contributed by atoms with Gasteiger partial charge in [-0.1, -0.05) is 58.0 Å². The smallest absolute Gasteiger partial charge is 0.408 e. The van der Waals surface area contributed by atoms with Crippen molar-refractivity contribution in [2.45, 2.75) is 188 Å². The number of methoxy groups -OCH3 is 2. The van der Waals surface area contributed by atoms with Crippen LogP contribution in [-0.4, -0.2) is 175 Å². The van der Waals surface area contributed by atoms with Crippen LogP contribution >= 0.6 is 0 Å². The molecule has 4 fully saturated rings. The number of alkyl carbamates (subject to hydrolysis) is 3. The van der Waals surface area contributed by atoms with Gasteiger partial charge >= 0.3 is 30.2 Å². The zero-order valence-corrected chi connectivity index (χ0v) is 50.3. The standard InChI is InChI=1S/C33H50N4O9.C25H44N4O7/c1-32(2,3)46-31(43)36-23(16-12-18-38)28(40)37-19-22-25(33(22,4)5)26(37)27(39)35-24(29(41)44-6)15-10-11-17-34-30(42)45-20-21-13-8-7-9-14-21;1-24(2,3)36-23(34)28-16(11-9-13-30)21(32)29-14-15-18(25(15,4)5)19(29)20(31)27-17(22(33)35-6)10-7-8-12-26/h7-9,13-14,22-26,38H,10-12,15-20H2,1-6H3,(H,34,42)(H,35,39)(H,36,43);15-19,30H,7-14,26H2,1-6H3,(H,27,31)(H,28,34)/t22-,23-,24?,25-,26-;15-,16-,17?,18-,19-/m00/s1. The van der Waals surface area contributed by atoms with Crippen molar-refractivity contribution in [3.63, 3.8) is 0 Å². The van der Waals surface area contributed by atoms with Crippen LogP contribution in [0.2, 0.25) is 0 Å². The van der Waals surface area contributed by atoms with E-state index < -0.39 is 101 Å². The van der Waals surface area contributed by atoms with Gasteiger partial charge in [-0.05, 0) is 152 Å². The maximum Gasteiger partial charge on any atom is 0.408 e. The quantitative estimate of drug-likeness (QED) is 0.0353. The fraction of sp³-hybridized carbons (Fsp3) is 0.741. The molecule has 10 atom stereocenters. The van der Waals surface area contributed by atoms with Crippen molar-refractivity contribution in [1.82, 2.24) is 36.4 Å². The Morgan fingerprint density at radius 2 is 0.988 bits per heavy atom. The van der Waals surface area contributed by atoms with Gasteiger partial charge in [-0.2, -0.15) is 0 Å². The molecule has 0 aromatic heterocycles. The average Bonchev–Trinajstić information content (AvgIpc) is 2.09. The average molecular weight is 1160 g/mol. The first-order valence-electron chi connectivity index (χ1n) is 28.7. The number of likely N-dealkylation sites (tertiary alicyclic amines) is 2. The van der Waals surface area contributed by atoms with Crippen LogP contribution in [0.1, 0.15) is 139 Å². The number of hydrogen-bond donors (Lipinski definition) is 8. The van der Waals surface area contributed by atoms with Gasteiger partial charge in [-0.3, -0.25) is 19.2 Å². The number of unbranched alkanes of at least 4 members (excludes halogenated alkanes) is 2. The van der Waals surface area contributed by atoms with Crippen molar-refractivity contribution >= 4 is 53.8 Å². The fourth-order valence-electron chi connectivity index (χ4n) is 11.3. The normalized spacial score (nSPS) is 22.1. The van der Waals surface area contributed by atoms with Crippen LogP contribution in [0.4, 0.5) is 14.4 Å². The van der Waals surface area contributed by atoms with Crippen molar-refractivity contribution < 1.29 is 77.0 Å². The number of nitrogens with one attached hydrogen (secondary N) is 5. The highest BCUT2D eigenvalue weighted by Crippen LogP contribution is 2.66. The molecule has 2 unspecified atom stereocenters. The molecule has 2 saturated heterocycles. The van der Waals surface area contributed by atoms with Crippen LogP contribution in [0.25, 0.3) is 0 Å². The van der Waals surface area contributed by atoms with E-state index in [1.54, 1.807) is 41.5 Å². The van der Waals surface area contributed by atoms with Crippen LogP contribution in [0.15, 0.2) is 30.3 Å². The Morgan fingerprint density at radius 3 is 1.37 bits per heavy atom. The molecular formula is C58H94N8O16. The topological polar surface area (TPSA) is 333 Å². The number of ether oxygens (including phenoxy) is 5. The number of benzene rings is 1. The molecule has 1 aromatic rings. The van der Waals surface area contributed by atoms with E-state index in [1.165, 1.54) is 24.0 Å². The van der Waals surface area contributed by atoms with Crippen LogP contribution in [-0.2, 0) is 59.1 Å². The highest BCUT2D eigenvalue weighted by atomic mass is 16.6. The number of aliphatic hydroxyl groups excluding tert-OH is 2. The molecule has 0 spiro atoms. The van der Waals surface area contributed by atoms with Gasteiger partial charge in [0.15, 0.2) is 0 Å². The van der Waals surface area contributed by atoms with Gasteiger partial charge in [-0.25, -0.2) is 24.0 Å². The summed E-state index contributed by atoms with van der Waals surface area (Å²) in [6.07, 6.45) is 1.87. The lowest BCUT2D eigenvalue weighted by Gasteiger charge is -2.34. The summed E-state index contributed by atoms with van der Waals surface area (Å²) in [6, 6.07) is 3.94. The summed E-state index contributed by atoms with van der Waals surface area (Å²) in [5.41, 5.74) is 4.60. The molecule has 7 amide bonds. The Labute approximate surface area is 483 Å². The number of aliphatic hydroxyl groups is 2. The van der Waals surface area contributed by atoms with Gasteiger partial charge in [-0.15, -0.1) is 0 Å². The number of carbonyl (C=O) groups excluding carboxylic acids is 9. The third-order valence-electron chi connectivity index (χ3n) is 15.8. The van der Waals surface area contributed by atoms with Crippen LogP contribution in [0.5, 0.6) is 0 Å². The first-order chi connectivity index (χ1) is 38.5. The van der Waals surface area contributed by atoms with Crippen LogP contribution in [0.3, 0.4) is 0 Å². The van der Waals surface area contributed by atoms with Crippen LogP contribution in [0, 0.1) is 34.5 Å². The van der Waals surface area contributed by atoms with Gasteiger partial charge in [0.25, 0.3) is 0 Å². The molecule has 24 heteroatoms. The zero-order valence-electron chi connectivity index (χ0n) is 50.3. The Bertz CT molecular complexity index is 2340. The molecule has 0 bridgehead atoms. The van der Waals surface area contributed by atoms with Crippen molar-refractivity contribution in [2.24, 2.45) is 40.2 Å². The molecule has 2 aliphatic carbocycles. The number of piperidine rings is 2. The molecule has 2 heterocycles. The summed E-state index contributed by atoms with van der Waals surface area (Å²) < 4.78 is 25.7. The summed E-state index contributed by atoms with van der Waals surface area (Å²) >= 11 is 0. The zero-order chi connectivity index (χ0) is 61.3. The lowest BCUT2D eigenvalue weighted by molar-refractivity contribution is -0.148. The van der Waals surface area contributed by atoms with E-state index in [4.69, 9.17) is 29.4 Å². The SMILES string of the molecule is COC(=O)C(CCCCN)NC(=O)[C@@H]1[C@@H]2[C@H](CN1C(=O)[C@H](CCCO)NC(=O)OC(C)(C)C)C2(C)C.COC(=O)C(CCCCNC(=O)OCc1ccccc1)NC(=O)[C@@H]1[C@@H]2[C@H](CN1C(=O)[C@H](CCCO)NC(=O)OC(C)(C)C)C2(C)C. The van der Waals surface area contributed by atoms with Gasteiger partial charge in [0.2, 0.25) is 23.6 Å². The van der Waals surface area contributed by atoms with Crippen LogP contribution < -0.4 is 32.3 Å². The van der Waals surface area contributed by atoms with E-state index in [-0.39, 0.29) is 80.0 Å². The van der Waals surface area contributed by atoms with E-state index in [9.17, 15) is 53.4 Å². The maximum absolute atomic E-state index is 13.8. The minimum absolute atomic E-state index is 0.0659. The maximum atomic E-state index is 13.8. The number of nitrogens with two attached hydrogens (primary N) is 1. The number of hydrogen-bond acceptors (Lipinski definition) is 17. The van der Waals surface area contributed by atoms with E-state index in [0.717, 1.165) is 5.56 Å². The van der Waals surface area contributed by atoms with E-state index in [2.05, 4.69) is 40.4 Å².